The van der Waals surface area contributed by atoms with E-state index >= 15 is 0 Å². The van der Waals surface area contributed by atoms with E-state index in [4.69, 9.17) is 9.47 Å². The van der Waals surface area contributed by atoms with Crippen molar-refractivity contribution in [3.8, 4) is 5.75 Å². The predicted molar refractivity (Wildman–Crippen MR) is 101 cm³/mol. The lowest BCUT2D eigenvalue weighted by Gasteiger charge is -2.29. The maximum absolute atomic E-state index is 5.83. The Kier molecular flexibility index (Phi) is 6.86. The molecule has 1 atom stereocenters. The molecule has 0 amide bonds. The Bertz CT molecular complexity index is 610. The van der Waals surface area contributed by atoms with Gasteiger partial charge in [0.1, 0.15) is 12.4 Å². The van der Waals surface area contributed by atoms with E-state index < -0.39 is 0 Å². The molecule has 4 nitrogen and oxygen atoms in total. The Morgan fingerprint density at radius 2 is 1.72 bits per heavy atom. The smallest absolute Gasteiger partial charge is 0.119 e. The summed E-state index contributed by atoms with van der Waals surface area (Å²) in [5, 5.41) is 3.60. The van der Waals surface area contributed by atoms with Crippen molar-refractivity contribution in [2.45, 2.75) is 26.1 Å². The minimum Gasteiger partial charge on any atom is -0.489 e. The molecule has 1 saturated heterocycles. The number of hydrogen-bond acceptors (Lipinski definition) is 4. The quantitative estimate of drug-likeness (QED) is 0.801. The average molecular weight is 340 g/mol. The number of rotatable bonds is 8. The van der Waals surface area contributed by atoms with E-state index in [1.54, 1.807) is 0 Å². The van der Waals surface area contributed by atoms with E-state index in [1.165, 1.54) is 11.1 Å². The van der Waals surface area contributed by atoms with Gasteiger partial charge in [-0.15, -0.1) is 0 Å². The van der Waals surface area contributed by atoms with Crippen LogP contribution in [0.3, 0.4) is 0 Å². The Morgan fingerprint density at radius 3 is 2.44 bits per heavy atom. The lowest BCUT2D eigenvalue weighted by Crippen LogP contribution is -2.44. The fourth-order valence-corrected chi connectivity index (χ4v) is 2.97. The van der Waals surface area contributed by atoms with Crippen LogP contribution in [0.1, 0.15) is 18.1 Å². The molecule has 2 aromatic rings. The molecule has 0 spiro atoms. The maximum atomic E-state index is 5.83. The summed E-state index contributed by atoms with van der Waals surface area (Å²) in [6.45, 7) is 8.60. The zero-order chi connectivity index (χ0) is 17.3. The molecule has 0 saturated carbocycles. The molecular weight excluding hydrogens is 312 g/mol. The second kappa shape index (κ2) is 9.56. The van der Waals surface area contributed by atoms with E-state index in [0.29, 0.717) is 12.6 Å². The van der Waals surface area contributed by atoms with Gasteiger partial charge in [0.2, 0.25) is 0 Å². The lowest BCUT2D eigenvalue weighted by atomic mass is 10.2. The molecule has 4 heteroatoms. The molecule has 1 heterocycles. The van der Waals surface area contributed by atoms with Crippen LogP contribution in [0, 0.1) is 0 Å². The first-order valence-electron chi connectivity index (χ1n) is 9.09. The van der Waals surface area contributed by atoms with E-state index in [9.17, 15) is 0 Å². The molecule has 0 bridgehead atoms. The molecule has 1 unspecified atom stereocenters. The Morgan fingerprint density at radius 1 is 1.00 bits per heavy atom. The number of hydrogen-bond donors (Lipinski definition) is 1. The summed E-state index contributed by atoms with van der Waals surface area (Å²) in [6.07, 6.45) is 0. The minimum atomic E-state index is 0.465. The van der Waals surface area contributed by atoms with Gasteiger partial charge in [0.25, 0.3) is 0 Å². The minimum absolute atomic E-state index is 0.465. The normalized spacial score (nSPS) is 16.5. The van der Waals surface area contributed by atoms with Gasteiger partial charge in [-0.2, -0.15) is 0 Å². The average Bonchev–Trinajstić information content (AvgIpc) is 2.67. The topological polar surface area (TPSA) is 33.7 Å². The summed E-state index contributed by atoms with van der Waals surface area (Å²) in [7, 11) is 0. The molecule has 134 valence electrons. The van der Waals surface area contributed by atoms with Crippen molar-refractivity contribution in [3.63, 3.8) is 0 Å². The molecule has 3 rings (SSSR count). The number of nitrogens with one attached hydrogen (secondary N) is 1. The van der Waals surface area contributed by atoms with Crippen molar-refractivity contribution in [3.05, 3.63) is 65.7 Å². The molecule has 1 fully saturated rings. The third kappa shape index (κ3) is 6.16. The summed E-state index contributed by atoms with van der Waals surface area (Å²) < 4.78 is 11.2. The molecule has 0 aliphatic carbocycles. The highest BCUT2D eigenvalue weighted by Gasteiger charge is 2.13. The van der Waals surface area contributed by atoms with Crippen molar-refractivity contribution in [2.75, 3.05) is 32.8 Å². The van der Waals surface area contributed by atoms with E-state index in [1.807, 2.05) is 30.3 Å². The van der Waals surface area contributed by atoms with Gasteiger partial charge in [-0.3, -0.25) is 4.90 Å². The van der Waals surface area contributed by atoms with Crippen molar-refractivity contribution >= 4 is 0 Å². The largest absolute Gasteiger partial charge is 0.489 e. The van der Waals surface area contributed by atoms with E-state index in [-0.39, 0.29) is 0 Å². The zero-order valence-corrected chi connectivity index (χ0v) is 15.0. The van der Waals surface area contributed by atoms with Crippen LogP contribution in [0.2, 0.25) is 0 Å². The van der Waals surface area contributed by atoms with Crippen LogP contribution in [0.25, 0.3) is 0 Å². The van der Waals surface area contributed by atoms with Gasteiger partial charge in [-0.1, -0.05) is 42.5 Å². The molecule has 25 heavy (non-hydrogen) atoms. The molecule has 0 aromatic heterocycles. The fraction of sp³-hybridized carbons (Fsp3) is 0.429. The van der Waals surface area contributed by atoms with Crippen molar-refractivity contribution in [2.24, 2.45) is 0 Å². The first kappa shape index (κ1) is 17.9. The van der Waals surface area contributed by atoms with Crippen LogP contribution in [-0.4, -0.2) is 43.8 Å². The first-order chi connectivity index (χ1) is 12.3. The highest BCUT2D eigenvalue weighted by Crippen LogP contribution is 2.14. The second-order valence-corrected chi connectivity index (χ2v) is 6.61. The van der Waals surface area contributed by atoms with Gasteiger partial charge in [0, 0.05) is 32.2 Å². The van der Waals surface area contributed by atoms with Crippen molar-refractivity contribution in [1.82, 2.24) is 10.2 Å². The van der Waals surface area contributed by atoms with E-state index in [0.717, 1.165) is 45.1 Å². The second-order valence-electron chi connectivity index (χ2n) is 6.61. The Labute approximate surface area is 150 Å². The molecule has 1 N–H and O–H groups in total. The predicted octanol–water partition coefficient (Wildman–Crippen LogP) is 3.08. The zero-order valence-electron chi connectivity index (χ0n) is 15.0. The van der Waals surface area contributed by atoms with Crippen LogP contribution >= 0.6 is 0 Å². The van der Waals surface area contributed by atoms with Gasteiger partial charge in [-0.25, -0.2) is 0 Å². The number of ether oxygens (including phenoxy) is 2. The summed E-state index contributed by atoms with van der Waals surface area (Å²) in [5.41, 5.74) is 2.46. The molecule has 0 radical (unpaired) electrons. The molecular formula is C21H28N2O2. The number of nitrogens with zero attached hydrogens (tertiary/aromatic N) is 1. The van der Waals surface area contributed by atoms with Crippen molar-refractivity contribution in [1.29, 1.82) is 0 Å². The molecule has 2 aromatic carbocycles. The number of morpholine rings is 1. The standard InChI is InChI=1S/C21H28N2O2/c1-18(16-23-11-13-24-14-12-23)22-15-19-7-9-21(10-8-19)25-17-20-5-3-2-4-6-20/h2-10,18,22H,11-17H2,1H3. The van der Waals surface area contributed by atoms with Crippen LogP contribution in [0.5, 0.6) is 5.75 Å². The maximum Gasteiger partial charge on any atom is 0.119 e. The fourth-order valence-electron chi connectivity index (χ4n) is 2.97. The van der Waals surface area contributed by atoms with Gasteiger partial charge in [-0.05, 0) is 30.2 Å². The van der Waals surface area contributed by atoms with Gasteiger partial charge >= 0.3 is 0 Å². The highest BCUT2D eigenvalue weighted by atomic mass is 16.5. The van der Waals surface area contributed by atoms with Crippen LogP contribution in [0.15, 0.2) is 54.6 Å². The summed E-state index contributed by atoms with van der Waals surface area (Å²) in [5.74, 6) is 0.911. The van der Waals surface area contributed by atoms with Crippen molar-refractivity contribution < 1.29 is 9.47 Å². The van der Waals surface area contributed by atoms with Gasteiger partial charge < -0.3 is 14.8 Å². The third-order valence-corrected chi connectivity index (χ3v) is 4.46. The third-order valence-electron chi connectivity index (χ3n) is 4.46. The summed E-state index contributed by atoms with van der Waals surface area (Å²) in [4.78, 5) is 2.46. The lowest BCUT2D eigenvalue weighted by molar-refractivity contribution is 0.0343. The SMILES string of the molecule is CC(CN1CCOCC1)NCc1ccc(OCc2ccccc2)cc1. The molecule has 1 aliphatic rings. The summed E-state index contributed by atoms with van der Waals surface area (Å²) in [6, 6.07) is 19.1. The Hall–Kier alpha value is -1.88. The summed E-state index contributed by atoms with van der Waals surface area (Å²) >= 11 is 0. The monoisotopic (exact) mass is 340 g/mol. The van der Waals surface area contributed by atoms with Crippen LogP contribution in [-0.2, 0) is 17.9 Å². The van der Waals surface area contributed by atoms with Gasteiger partial charge in [0.15, 0.2) is 0 Å². The van der Waals surface area contributed by atoms with E-state index in [2.05, 4.69) is 41.4 Å². The van der Waals surface area contributed by atoms with Crippen LogP contribution < -0.4 is 10.1 Å². The van der Waals surface area contributed by atoms with Crippen LogP contribution in [0.4, 0.5) is 0 Å². The highest BCUT2D eigenvalue weighted by molar-refractivity contribution is 5.27. The Balaban J connectivity index is 1.39. The van der Waals surface area contributed by atoms with Gasteiger partial charge in [0.05, 0.1) is 13.2 Å². The molecule has 1 aliphatic heterocycles. The number of benzene rings is 2. The first-order valence-corrected chi connectivity index (χ1v) is 9.09.